The predicted molar refractivity (Wildman–Crippen MR) is 85.5 cm³/mol. The summed E-state index contributed by atoms with van der Waals surface area (Å²) in [6.07, 6.45) is 4.29. The summed E-state index contributed by atoms with van der Waals surface area (Å²) in [5, 5.41) is 2.92. The van der Waals surface area contributed by atoms with Gasteiger partial charge in [-0.3, -0.25) is 9.78 Å². The molecule has 0 bridgehead atoms. The van der Waals surface area contributed by atoms with Gasteiger partial charge in [-0.1, -0.05) is 6.07 Å². The number of carbonyl (C=O) groups is 1. The standard InChI is InChI=1S/C16H20N4O/c1-20(2)15-6-5-13(17)10-14(15)16(21)19-9-7-12-4-3-8-18-11-12/h3-6,8,10-11H,7,9,17H2,1-2H3,(H,19,21). The smallest absolute Gasteiger partial charge is 0.253 e. The van der Waals surface area contributed by atoms with Gasteiger partial charge in [0.25, 0.3) is 5.91 Å². The molecule has 0 aliphatic rings. The van der Waals surface area contributed by atoms with E-state index in [2.05, 4.69) is 10.3 Å². The summed E-state index contributed by atoms with van der Waals surface area (Å²) in [6, 6.07) is 9.23. The van der Waals surface area contributed by atoms with E-state index in [1.54, 1.807) is 24.5 Å². The molecule has 0 aliphatic heterocycles. The van der Waals surface area contributed by atoms with E-state index < -0.39 is 0 Å². The van der Waals surface area contributed by atoms with E-state index in [1.807, 2.05) is 37.2 Å². The van der Waals surface area contributed by atoms with Crippen LogP contribution in [0.5, 0.6) is 0 Å². The number of pyridine rings is 1. The third-order valence-electron chi connectivity index (χ3n) is 3.17. The Kier molecular flexibility index (Phi) is 4.77. The zero-order chi connectivity index (χ0) is 15.2. The van der Waals surface area contributed by atoms with E-state index in [1.165, 1.54) is 0 Å². The number of aromatic nitrogens is 1. The Bertz CT molecular complexity index is 611. The first-order chi connectivity index (χ1) is 10.1. The molecule has 21 heavy (non-hydrogen) atoms. The molecule has 0 fully saturated rings. The normalized spacial score (nSPS) is 10.2. The van der Waals surface area contributed by atoms with Crippen LogP contribution in [0.2, 0.25) is 0 Å². The van der Waals surface area contributed by atoms with Crippen LogP contribution >= 0.6 is 0 Å². The summed E-state index contributed by atoms with van der Waals surface area (Å²) in [6.45, 7) is 0.562. The third-order valence-corrected chi connectivity index (χ3v) is 3.17. The third kappa shape index (κ3) is 3.95. The molecular formula is C16H20N4O. The van der Waals surface area contributed by atoms with Gasteiger partial charge in [-0.25, -0.2) is 0 Å². The van der Waals surface area contributed by atoms with Crippen molar-refractivity contribution in [1.82, 2.24) is 10.3 Å². The van der Waals surface area contributed by atoms with Gasteiger partial charge in [-0.15, -0.1) is 0 Å². The second-order valence-electron chi connectivity index (χ2n) is 5.04. The Morgan fingerprint density at radius 3 is 2.81 bits per heavy atom. The second-order valence-corrected chi connectivity index (χ2v) is 5.04. The van der Waals surface area contributed by atoms with E-state index >= 15 is 0 Å². The van der Waals surface area contributed by atoms with Crippen LogP contribution in [0.4, 0.5) is 11.4 Å². The maximum absolute atomic E-state index is 12.3. The van der Waals surface area contributed by atoms with Gasteiger partial charge in [0.15, 0.2) is 0 Å². The topological polar surface area (TPSA) is 71.2 Å². The molecule has 1 amide bonds. The molecule has 5 heteroatoms. The van der Waals surface area contributed by atoms with Gasteiger partial charge >= 0.3 is 0 Å². The van der Waals surface area contributed by atoms with Gasteiger partial charge in [-0.05, 0) is 36.2 Å². The van der Waals surface area contributed by atoms with Crippen molar-refractivity contribution in [2.75, 3.05) is 31.3 Å². The molecule has 0 radical (unpaired) electrons. The fourth-order valence-corrected chi connectivity index (χ4v) is 2.09. The number of hydrogen-bond acceptors (Lipinski definition) is 4. The van der Waals surface area contributed by atoms with Crippen molar-refractivity contribution in [1.29, 1.82) is 0 Å². The van der Waals surface area contributed by atoms with Gasteiger partial charge in [0.1, 0.15) is 0 Å². The number of nitrogens with one attached hydrogen (secondary N) is 1. The maximum Gasteiger partial charge on any atom is 0.253 e. The molecule has 2 rings (SSSR count). The maximum atomic E-state index is 12.3. The molecule has 110 valence electrons. The van der Waals surface area contributed by atoms with Gasteiger partial charge in [0.2, 0.25) is 0 Å². The monoisotopic (exact) mass is 284 g/mol. The average Bonchev–Trinajstić information content (AvgIpc) is 2.47. The Morgan fingerprint density at radius 2 is 2.14 bits per heavy atom. The van der Waals surface area contributed by atoms with Crippen LogP contribution in [0.1, 0.15) is 15.9 Å². The van der Waals surface area contributed by atoms with E-state index in [-0.39, 0.29) is 5.91 Å². The predicted octanol–water partition coefficient (Wildman–Crippen LogP) is 1.70. The first-order valence-corrected chi connectivity index (χ1v) is 6.82. The van der Waals surface area contributed by atoms with Crippen molar-refractivity contribution in [3.63, 3.8) is 0 Å². The summed E-state index contributed by atoms with van der Waals surface area (Å²) in [4.78, 5) is 18.3. The van der Waals surface area contributed by atoms with Crippen molar-refractivity contribution >= 4 is 17.3 Å². The van der Waals surface area contributed by atoms with E-state index in [0.717, 1.165) is 17.7 Å². The first-order valence-electron chi connectivity index (χ1n) is 6.82. The molecule has 0 spiro atoms. The van der Waals surface area contributed by atoms with Gasteiger partial charge in [0.05, 0.1) is 5.56 Å². The molecule has 1 aromatic carbocycles. The molecular weight excluding hydrogens is 264 g/mol. The molecule has 0 atom stereocenters. The van der Waals surface area contributed by atoms with Crippen LogP contribution in [0.3, 0.4) is 0 Å². The molecule has 0 saturated heterocycles. The molecule has 2 aromatic rings. The lowest BCUT2D eigenvalue weighted by Gasteiger charge is -2.17. The Morgan fingerprint density at radius 1 is 1.33 bits per heavy atom. The molecule has 0 aliphatic carbocycles. The number of carbonyl (C=O) groups excluding carboxylic acids is 1. The molecule has 5 nitrogen and oxygen atoms in total. The Labute approximate surface area is 124 Å². The molecule has 1 aromatic heterocycles. The summed E-state index contributed by atoms with van der Waals surface area (Å²) >= 11 is 0. The van der Waals surface area contributed by atoms with E-state index in [0.29, 0.717) is 17.8 Å². The zero-order valence-electron chi connectivity index (χ0n) is 12.3. The van der Waals surface area contributed by atoms with Crippen LogP contribution < -0.4 is 16.0 Å². The highest BCUT2D eigenvalue weighted by Crippen LogP contribution is 2.21. The number of amides is 1. The molecule has 0 saturated carbocycles. The number of rotatable bonds is 5. The van der Waals surface area contributed by atoms with Crippen molar-refractivity contribution < 1.29 is 4.79 Å². The number of benzene rings is 1. The lowest BCUT2D eigenvalue weighted by molar-refractivity contribution is 0.0954. The highest BCUT2D eigenvalue weighted by atomic mass is 16.1. The fraction of sp³-hybridized carbons (Fsp3) is 0.250. The van der Waals surface area contributed by atoms with Gasteiger partial charge in [-0.2, -0.15) is 0 Å². The van der Waals surface area contributed by atoms with E-state index in [4.69, 9.17) is 5.73 Å². The van der Waals surface area contributed by atoms with Crippen molar-refractivity contribution in [3.8, 4) is 0 Å². The minimum atomic E-state index is -0.116. The number of anilines is 2. The summed E-state index contributed by atoms with van der Waals surface area (Å²) in [5.41, 5.74) is 8.89. The van der Waals surface area contributed by atoms with Crippen LogP contribution in [0.15, 0.2) is 42.7 Å². The number of nitrogen functional groups attached to an aromatic ring is 1. The van der Waals surface area contributed by atoms with Crippen molar-refractivity contribution in [2.45, 2.75) is 6.42 Å². The summed E-state index contributed by atoms with van der Waals surface area (Å²) in [7, 11) is 3.80. The molecule has 0 unspecified atom stereocenters. The van der Waals surface area contributed by atoms with Gasteiger partial charge < -0.3 is 16.0 Å². The van der Waals surface area contributed by atoms with Crippen molar-refractivity contribution in [2.24, 2.45) is 0 Å². The minimum Gasteiger partial charge on any atom is -0.399 e. The van der Waals surface area contributed by atoms with Crippen molar-refractivity contribution in [3.05, 3.63) is 53.9 Å². The Hall–Kier alpha value is -2.56. The molecule has 3 N–H and O–H groups in total. The summed E-state index contributed by atoms with van der Waals surface area (Å²) in [5.74, 6) is -0.116. The lowest BCUT2D eigenvalue weighted by Crippen LogP contribution is -2.27. The van der Waals surface area contributed by atoms with Gasteiger partial charge in [0, 0.05) is 44.4 Å². The van der Waals surface area contributed by atoms with Crippen LogP contribution in [0, 0.1) is 0 Å². The quantitative estimate of drug-likeness (QED) is 0.820. The fourth-order valence-electron chi connectivity index (χ4n) is 2.09. The highest BCUT2D eigenvalue weighted by Gasteiger charge is 2.12. The summed E-state index contributed by atoms with van der Waals surface area (Å²) < 4.78 is 0. The highest BCUT2D eigenvalue weighted by molar-refractivity contribution is 6.00. The number of nitrogens with zero attached hydrogens (tertiary/aromatic N) is 2. The minimum absolute atomic E-state index is 0.116. The lowest BCUT2D eigenvalue weighted by atomic mass is 10.1. The van der Waals surface area contributed by atoms with Crippen LogP contribution in [0.25, 0.3) is 0 Å². The molecule has 1 heterocycles. The van der Waals surface area contributed by atoms with E-state index in [9.17, 15) is 4.79 Å². The Balaban J connectivity index is 2.02. The van der Waals surface area contributed by atoms with Crippen LogP contribution in [-0.4, -0.2) is 31.5 Å². The second kappa shape index (κ2) is 6.74. The first kappa shape index (κ1) is 14.8. The SMILES string of the molecule is CN(C)c1ccc(N)cc1C(=O)NCCc1cccnc1. The van der Waals surface area contributed by atoms with Crippen LogP contribution in [-0.2, 0) is 6.42 Å². The number of hydrogen-bond donors (Lipinski definition) is 2. The number of nitrogens with two attached hydrogens (primary N) is 1. The zero-order valence-corrected chi connectivity index (χ0v) is 12.3. The largest absolute Gasteiger partial charge is 0.399 e. The average molecular weight is 284 g/mol.